The highest BCUT2D eigenvalue weighted by Gasteiger charge is 2.24. The van der Waals surface area contributed by atoms with E-state index in [1.807, 2.05) is 18.2 Å². The van der Waals surface area contributed by atoms with E-state index in [1.165, 1.54) is 50.9 Å². The van der Waals surface area contributed by atoms with Crippen molar-refractivity contribution in [2.45, 2.75) is 19.6 Å². The number of fused-ring (bicyclic) bond motifs is 3. The summed E-state index contributed by atoms with van der Waals surface area (Å²) in [7, 11) is 0. The SMILES string of the molecule is O=C(O)N1CCc2c(sc3cc(-n4ncc(OCc5ccc(F)cn5)cc4=O)ccc23)C1. The molecule has 0 saturated carbocycles. The third-order valence-electron chi connectivity index (χ3n) is 5.29. The molecule has 0 saturated heterocycles. The lowest BCUT2D eigenvalue weighted by atomic mass is 10.0. The van der Waals surface area contributed by atoms with Crippen LogP contribution in [-0.2, 0) is 19.6 Å². The summed E-state index contributed by atoms with van der Waals surface area (Å²) in [4.78, 5) is 30.3. The van der Waals surface area contributed by atoms with E-state index in [1.54, 1.807) is 0 Å². The Morgan fingerprint density at radius 3 is 2.84 bits per heavy atom. The number of amides is 1. The van der Waals surface area contributed by atoms with Gasteiger partial charge in [0.05, 0.1) is 30.3 Å². The van der Waals surface area contributed by atoms with Crippen molar-refractivity contribution in [3.63, 3.8) is 0 Å². The van der Waals surface area contributed by atoms with Crippen LogP contribution in [0.5, 0.6) is 5.75 Å². The fourth-order valence-corrected chi connectivity index (χ4v) is 5.00. The first kappa shape index (κ1) is 20.1. The van der Waals surface area contributed by atoms with Crippen molar-refractivity contribution in [3.05, 3.63) is 81.1 Å². The Morgan fingerprint density at radius 1 is 1.22 bits per heavy atom. The van der Waals surface area contributed by atoms with E-state index in [9.17, 15) is 19.1 Å². The molecule has 4 aromatic rings. The molecule has 3 aromatic heterocycles. The van der Waals surface area contributed by atoms with Crippen molar-refractivity contribution in [2.75, 3.05) is 6.54 Å². The molecule has 1 amide bonds. The molecule has 0 atom stereocenters. The maximum atomic E-state index is 12.9. The molecule has 1 aromatic carbocycles. The fraction of sp³-hybridized carbons (Fsp3) is 0.182. The number of nitrogens with zero attached hydrogens (tertiary/aromatic N) is 4. The lowest BCUT2D eigenvalue weighted by molar-refractivity contribution is 0.140. The Bertz CT molecular complexity index is 1380. The predicted octanol–water partition coefficient (Wildman–Crippen LogP) is 3.60. The molecule has 8 nitrogen and oxygen atoms in total. The van der Waals surface area contributed by atoms with Crippen molar-refractivity contribution in [3.8, 4) is 11.4 Å². The molecule has 0 fully saturated rings. The molecule has 1 aliphatic heterocycles. The summed E-state index contributed by atoms with van der Waals surface area (Å²) in [5, 5.41) is 14.6. The first-order valence-corrected chi connectivity index (χ1v) is 10.6. The van der Waals surface area contributed by atoms with Crippen LogP contribution in [-0.4, -0.2) is 37.4 Å². The van der Waals surface area contributed by atoms with Crippen LogP contribution < -0.4 is 10.3 Å². The van der Waals surface area contributed by atoms with E-state index in [4.69, 9.17) is 4.74 Å². The van der Waals surface area contributed by atoms with E-state index in [0.717, 1.165) is 21.2 Å². The van der Waals surface area contributed by atoms with Gasteiger partial charge in [-0.05, 0) is 41.6 Å². The van der Waals surface area contributed by atoms with Gasteiger partial charge in [-0.25, -0.2) is 9.18 Å². The molecule has 4 heterocycles. The van der Waals surface area contributed by atoms with E-state index in [2.05, 4.69) is 10.1 Å². The van der Waals surface area contributed by atoms with Crippen molar-refractivity contribution >= 4 is 27.5 Å². The number of carbonyl (C=O) groups is 1. The molecule has 0 spiro atoms. The first-order chi connectivity index (χ1) is 15.5. The minimum atomic E-state index is -0.915. The Labute approximate surface area is 185 Å². The average Bonchev–Trinajstić information content (AvgIpc) is 3.15. The normalized spacial score (nSPS) is 13.2. The summed E-state index contributed by atoms with van der Waals surface area (Å²) in [6, 6.07) is 9.81. The van der Waals surface area contributed by atoms with Gasteiger partial charge in [-0.2, -0.15) is 9.78 Å². The van der Waals surface area contributed by atoms with E-state index in [0.29, 0.717) is 36.6 Å². The largest absolute Gasteiger partial charge is 0.485 e. The Morgan fingerprint density at radius 2 is 2.09 bits per heavy atom. The number of thiophene rings is 1. The highest BCUT2D eigenvalue weighted by atomic mass is 32.1. The topological polar surface area (TPSA) is 97.6 Å². The summed E-state index contributed by atoms with van der Waals surface area (Å²) in [5.41, 5.74) is 1.96. The van der Waals surface area contributed by atoms with Crippen LogP contribution in [0.1, 0.15) is 16.1 Å². The number of benzene rings is 1. The predicted molar refractivity (Wildman–Crippen MR) is 116 cm³/mol. The Hall–Kier alpha value is -3.79. The van der Waals surface area contributed by atoms with Gasteiger partial charge in [0.25, 0.3) is 5.56 Å². The van der Waals surface area contributed by atoms with Gasteiger partial charge in [0.15, 0.2) is 0 Å². The number of halogens is 1. The number of hydrogen-bond donors (Lipinski definition) is 1. The molecular weight excluding hydrogens is 435 g/mol. The summed E-state index contributed by atoms with van der Waals surface area (Å²) in [6.45, 7) is 0.948. The molecule has 1 N–H and O–H groups in total. The Kier molecular flexibility index (Phi) is 5.06. The molecule has 1 aliphatic rings. The quantitative estimate of drug-likeness (QED) is 0.508. The number of pyridine rings is 1. The van der Waals surface area contributed by atoms with Crippen LogP contribution in [0, 0.1) is 5.82 Å². The van der Waals surface area contributed by atoms with Crippen LogP contribution in [0.25, 0.3) is 15.8 Å². The fourth-order valence-electron chi connectivity index (χ4n) is 3.70. The zero-order valence-electron chi connectivity index (χ0n) is 16.7. The van der Waals surface area contributed by atoms with E-state index < -0.39 is 11.9 Å². The van der Waals surface area contributed by atoms with Gasteiger partial charge in [-0.15, -0.1) is 11.3 Å². The van der Waals surface area contributed by atoms with Crippen LogP contribution in [0.3, 0.4) is 0 Å². The number of ether oxygens (including phenoxy) is 1. The molecule has 0 unspecified atom stereocenters. The third kappa shape index (κ3) is 3.80. The van der Waals surface area contributed by atoms with Gasteiger partial charge in [-0.1, -0.05) is 6.07 Å². The maximum absolute atomic E-state index is 12.9. The molecule has 0 aliphatic carbocycles. The number of rotatable bonds is 4. The summed E-state index contributed by atoms with van der Waals surface area (Å²) < 4.78 is 20.8. The molecular formula is C22H17FN4O4S. The minimum absolute atomic E-state index is 0.0888. The first-order valence-electron chi connectivity index (χ1n) is 9.83. The molecule has 32 heavy (non-hydrogen) atoms. The van der Waals surface area contributed by atoms with Crippen molar-refractivity contribution in [1.29, 1.82) is 0 Å². The zero-order chi connectivity index (χ0) is 22.2. The highest BCUT2D eigenvalue weighted by molar-refractivity contribution is 7.19. The summed E-state index contributed by atoms with van der Waals surface area (Å²) in [5.74, 6) is -0.139. The van der Waals surface area contributed by atoms with Crippen LogP contribution in [0.15, 0.2) is 53.6 Å². The van der Waals surface area contributed by atoms with Crippen molar-refractivity contribution < 1.29 is 19.0 Å². The van der Waals surface area contributed by atoms with Gasteiger partial charge in [0.2, 0.25) is 0 Å². The van der Waals surface area contributed by atoms with Gasteiger partial charge in [0.1, 0.15) is 18.2 Å². The number of carboxylic acid groups (broad SMARTS) is 1. The van der Waals surface area contributed by atoms with Crippen molar-refractivity contribution in [2.24, 2.45) is 0 Å². The lowest BCUT2D eigenvalue weighted by Gasteiger charge is -2.23. The summed E-state index contributed by atoms with van der Waals surface area (Å²) in [6.07, 6.45) is 2.31. The second kappa shape index (κ2) is 8.04. The molecule has 5 rings (SSSR count). The van der Waals surface area contributed by atoms with Crippen LogP contribution >= 0.6 is 11.3 Å². The molecule has 10 heteroatoms. The highest BCUT2D eigenvalue weighted by Crippen LogP contribution is 2.36. The second-order valence-electron chi connectivity index (χ2n) is 7.34. The minimum Gasteiger partial charge on any atom is -0.485 e. The monoisotopic (exact) mass is 452 g/mol. The van der Waals surface area contributed by atoms with Crippen LogP contribution in [0.2, 0.25) is 0 Å². The molecule has 162 valence electrons. The zero-order valence-corrected chi connectivity index (χ0v) is 17.5. The lowest BCUT2D eigenvalue weighted by Crippen LogP contribution is -2.33. The van der Waals surface area contributed by atoms with Crippen LogP contribution in [0.4, 0.5) is 9.18 Å². The van der Waals surface area contributed by atoms with Gasteiger partial charge in [-0.3, -0.25) is 9.78 Å². The summed E-state index contributed by atoms with van der Waals surface area (Å²) >= 11 is 1.54. The number of hydrogen-bond acceptors (Lipinski definition) is 6. The second-order valence-corrected chi connectivity index (χ2v) is 8.47. The molecule has 0 bridgehead atoms. The van der Waals surface area contributed by atoms with Gasteiger partial charge < -0.3 is 14.7 Å². The standard InChI is InChI=1S/C22H17FN4O4S/c23-13-1-2-14(24-9-13)12-31-16-8-21(28)27(25-10-16)15-3-4-17-18-5-6-26(22(29)30)11-20(18)32-19(17)7-15/h1-4,7-10H,5-6,11-12H2,(H,29,30). The third-order valence-corrected chi connectivity index (χ3v) is 6.47. The average molecular weight is 452 g/mol. The number of aromatic nitrogens is 3. The van der Waals surface area contributed by atoms with E-state index >= 15 is 0 Å². The van der Waals surface area contributed by atoms with Crippen molar-refractivity contribution in [1.82, 2.24) is 19.7 Å². The molecule has 0 radical (unpaired) electrons. The van der Waals surface area contributed by atoms with E-state index in [-0.39, 0.29) is 12.2 Å². The maximum Gasteiger partial charge on any atom is 0.407 e. The van der Waals surface area contributed by atoms with Gasteiger partial charge in [0, 0.05) is 22.2 Å². The van der Waals surface area contributed by atoms with Gasteiger partial charge >= 0.3 is 6.09 Å². The smallest absolute Gasteiger partial charge is 0.407 e. The Balaban J connectivity index is 1.38.